The fourth-order valence-electron chi connectivity index (χ4n) is 3.08. The lowest BCUT2D eigenvalue weighted by Gasteiger charge is -2.19. The number of hydrogen-bond donors (Lipinski definition) is 1. The molecule has 4 nitrogen and oxygen atoms in total. The Hall–Kier alpha value is -0.980. The van der Waals surface area contributed by atoms with Gasteiger partial charge in [-0.25, -0.2) is 12.8 Å². The first kappa shape index (κ1) is 13.0. The van der Waals surface area contributed by atoms with Crippen molar-refractivity contribution < 1.29 is 12.8 Å². The van der Waals surface area contributed by atoms with Crippen LogP contribution in [0.25, 0.3) is 0 Å². The molecule has 0 radical (unpaired) electrons. The smallest absolute Gasteiger partial charge is 0.246 e. The van der Waals surface area contributed by atoms with Crippen molar-refractivity contribution in [1.29, 1.82) is 0 Å². The predicted octanol–water partition coefficient (Wildman–Crippen LogP) is 0.974. The molecule has 0 aromatic heterocycles. The Bertz CT molecular complexity index is 570. The zero-order valence-corrected chi connectivity index (χ0v) is 11.6. The topological polar surface area (TPSA) is 49.4 Å². The van der Waals surface area contributed by atoms with Gasteiger partial charge in [0.1, 0.15) is 10.7 Å². The van der Waals surface area contributed by atoms with Gasteiger partial charge in [0, 0.05) is 13.1 Å². The SMILES string of the molecule is Cc1cccc(F)c1S(=O)(=O)N1C[C@H]2CNC[C@H]2C1. The zero-order valence-electron chi connectivity index (χ0n) is 10.8. The Morgan fingerprint density at radius 3 is 2.47 bits per heavy atom. The van der Waals surface area contributed by atoms with Gasteiger partial charge in [0.2, 0.25) is 10.0 Å². The number of nitrogens with one attached hydrogen (secondary N) is 1. The fourth-order valence-corrected chi connectivity index (χ4v) is 4.90. The second kappa shape index (κ2) is 4.54. The molecular formula is C13H17FN2O2S. The van der Waals surface area contributed by atoms with E-state index in [1.165, 1.54) is 16.4 Å². The highest BCUT2D eigenvalue weighted by Gasteiger charge is 2.42. The highest BCUT2D eigenvalue weighted by molar-refractivity contribution is 7.89. The molecule has 2 fully saturated rings. The molecule has 104 valence electrons. The maximum absolute atomic E-state index is 13.9. The van der Waals surface area contributed by atoms with Crippen molar-refractivity contribution in [2.45, 2.75) is 11.8 Å². The molecule has 19 heavy (non-hydrogen) atoms. The van der Waals surface area contributed by atoms with Gasteiger partial charge >= 0.3 is 0 Å². The van der Waals surface area contributed by atoms with Gasteiger partial charge in [0.25, 0.3) is 0 Å². The van der Waals surface area contributed by atoms with Crippen molar-refractivity contribution in [3.63, 3.8) is 0 Å². The van der Waals surface area contributed by atoms with E-state index in [0.29, 0.717) is 30.5 Å². The third kappa shape index (κ3) is 2.07. The number of rotatable bonds is 2. The third-order valence-corrected chi connectivity index (χ3v) is 6.13. The van der Waals surface area contributed by atoms with Crippen LogP contribution in [0.3, 0.4) is 0 Å². The van der Waals surface area contributed by atoms with E-state index >= 15 is 0 Å². The van der Waals surface area contributed by atoms with Gasteiger partial charge in [0.05, 0.1) is 0 Å². The predicted molar refractivity (Wildman–Crippen MR) is 69.7 cm³/mol. The molecule has 1 aromatic carbocycles. The Balaban J connectivity index is 1.96. The van der Waals surface area contributed by atoms with Crippen LogP contribution in [-0.2, 0) is 10.0 Å². The molecule has 6 heteroatoms. The van der Waals surface area contributed by atoms with Gasteiger partial charge in [-0.1, -0.05) is 12.1 Å². The summed E-state index contributed by atoms with van der Waals surface area (Å²) in [5, 5.41) is 3.26. The number of halogens is 1. The normalized spacial score (nSPS) is 27.7. The summed E-state index contributed by atoms with van der Waals surface area (Å²) < 4.78 is 40.5. The molecule has 0 amide bonds. The van der Waals surface area contributed by atoms with Crippen LogP contribution in [0, 0.1) is 24.6 Å². The van der Waals surface area contributed by atoms with Gasteiger partial charge in [-0.2, -0.15) is 4.31 Å². The van der Waals surface area contributed by atoms with Crippen LogP contribution >= 0.6 is 0 Å². The van der Waals surface area contributed by atoms with Crippen molar-refractivity contribution >= 4 is 10.0 Å². The molecule has 0 unspecified atom stereocenters. The van der Waals surface area contributed by atoms with E-state index in [9.17, 15) is 12.8 Å². The van der Waals surface area contributed by atoms with Crippen molar-refractivity contribution in [3.05, 3.63) is 29.6 Å². The lowest BCUT2D eigenvalue weighted by Crippen LogP contribution is -2.32. The average Bonchev–Trinajstić information content (AvgIpc) is 2.87. The minimum absolute atomic E-state index is 0.164. The molecule has 1 N–H and O–H groups in total. The number of hydrogen-bond acceptors (Lipinski definition) is 3. The van der Waals surface area contributed by atoms with Crippen LogP contribution in [0.5, 0.6) is 0 Å². The van der Waals surface area contributed by atoms with Crippen LogP contribution in [0.2, 0.25) is 0 Å². The van der Waals surface area contributed by atoms with Gasteiger partial charge in [0.15, 0.2) is 0 Å². The summed E-state index contributed by atoms with van der Waals surface area (Å²) in [6.45, 7) is 4.33. The van der Waals surface area contributed by atoms with E-state index in [-0.39, 0.29) is 4.90 Å². The summed E-state index contributed by atoms with van der Waals surface area (Å²) in [4.78, 5) is -0.164. The Kier molecular flexibility index (Phi) is 3.11. The number of sulfonamides is 1. The molecule has 2 atom stereocenters. The highest BCUT2D eigenvalue weighted by Crippen LogP contribution is 2.32. The highest BCUT2D eigenvalue weighted by atomic mass is 32.2. The lowest BCUT2D eigenvalue weighted by atomic mass is 10.0. The first-order valence-electron chi connectivity index (χ1n) is 6.46. The van der Waals surface area contributed by atoms with E-state index in [0.717, 1.165) is 13.1 Å². The molecule has 2 saturated heterocycles. The largest absolute Gasteiger partial charge is 0.316 e. The molecular weight excluding hydrogens is 267 g/mol. The molecule has 2 aliphatic heterocycles. The van der Waals surface area contributed by atoms with Crippen LogP contribution in [-0.4, -0.2) is 38.9 Å². The maximum Gasteiger partial charge on any atom is 0.246 e. The van der Waals surface area contributed by atoms with E-state index in [2.05, 4.69) is 5.32 Å². The average molecular weight is 284 g/mol. The summed E-state index contributed by atoms with van der Waals surface area (Å²) in [6, 6.07) is 4.37. The van der Waals surface area contributed by atoms with Crippen molar-refractivity contribution in [2.24, 2.45) is 11.8 Å². The van der Waals surface area contributed by atoms with Gasteiger partial charge in [-0.05, 0) is 43.5 Å². The summed E-state index contributed by atoms with van der Waals surface area (Å²) in [5.74, 6) is 0.0684. The minimum Gasteiger partial charge on any atom is -0.316 e. The summed E-state index contributed by atoms with van der Waals surface area (Å²) in [5.41, 5.74) is 0.468. The van der Waals surface area contributed by atoms with E-state index in [1.807, 2.05) is 0 Å². The second-order valence-corrected chi connectivity index (χ2v) is 7.26. The van der Waals surface area contributed by atoms with Crippen molar-refractivity contribution in [3.8, 4) is 0 Å². The Morgan fingerprint density at radius 1 is 1.26 bits per heavy atom. The fraction of sp³-hybridized carbons (Fsp3) is 0.538. The van der Waals surface area contributed by atoms with Gasteiger partial charge < -0.3 is 5.32 Å². The van der Waals surface area contributed by atoms with E-state index < -0.39 is 15.8 Å². The third-order valence-electron chi connectivity index (χ3n) is 4.12. The maximum atomic E-state index is 13.9. The molecule has 1 aromatic rings. The van der Waals surface area contributed by atoms with Crippen LogP contribution in [0.1, 0.15) is 5.56 Å². The summed E-state index contributed by atoms with van der Waals surface area (Å²) in [6.07, 6.45) is 0. The molecule has 0 saturated carbocycles. The quantitative estimate of drug-likeness (QED) is 0.880. The number of aryl methyl sites for hydroxylation is 1. The molecule has 2 aliphatic rings. The first-order valence-corrected chi connectivity index (χ1v) is 7.90. The standard InChI is InChI=1S/C13H17FN2O2S/c1-9-3-2-4-12(14)13(9)19(17,18)16-7-10-5-15-6-11(10)8-16/h2-4,10-11,15H,5-8H2,1H3/t10-,11+. The van der Waals surface area contributed by atoms with E-state index in [1.54, 1.807) is 13.0 Å². The zero-order chi connectivity index (χ0) is 13.6. The molecule has 0 aliphatic carbocycles. The lowest BCUT2D eigenvalue weighted by molar-refractivity contribution is 0.442. The van der Waals surface area contributed by atoms with Crippen LogP contribution < -0.4 is 5.32 Å². The second-order valence-electron chi connectivity index (χ2n) is 5.39. The van der Waals surface area contributed by atoms with Crippen LogP contribution in [0.15, 0.2) is 23.1 Å². The summed E-state index contributed by atoms with van der Waals surface area (Å²) in [7, 11) is -3.71. The van der Waals surface area contributed by atoms with Crippen LogP contribution in [0.4, 0.5) is 4.39 Å². The number of benzene rings is 1. The summed E-state index contributed by atoms with van der Waals surface area (Å²) >= 11 is 0. The Morgan fingerprint density at radius 2 is 1.89 bits per heavy atom. The monoisotopic (exact) mass is 284 g/mol. The van der Waals surface area contributed by atoms with E-state index in [4.69, 9.17) is 0 Å². The van der Waals surface area contributed by atoms with Gasteiger partial charge in [-0.3, -0.25) is 0 Å². The Labute approximate surface area is 112 Å². The molecule has 0 spiro atoms. The molecule has 3 rings (SSSR count). The molecule has 2 heterocycles. The van der Waals surface area contributed by atoms with Crippen molar-refractivity contribution in [2.75, 3.05) is 26.2 Å². The number of fused-ring (bicyclic) bond motifs is 1. The minimum atomic E-state index is -3.71. The van der Waals surface area contributed by atoms with Gasteiger partial charge in [-0.15, -0.1) is 0 Å². The number of nitrogens with zero attached hydrogens (tertiary/aromatic N) is 1. The molecule has 0 bridgehead atoms. The van der Waals surface area contributed by atoms with Crippen molar-refractivity contribution in [1.82, 2.24) is 9.62 Å². The first-order chi connectivity index (χ1) is 9.00.